The standard InChI is InChI=1S/C14H15N3/c15-13-8-1-2-10-17(13)12-7-3-5-11-6-4-9-16-14(11)12/h3-7,9,15H,1-2,8,10H2. The van der Waals surface area contributed by atoms with Crippen LogP contribution in [0.2, 0.25) is 0 Å². The van der Waals surface area contributed by atoms with Gasteiger partial charge in [0.15, 0.2) is 0 Å². The van der Waals surface area contributed by atoms with Crippen molar-refractivity contribution in [2.75, 3.05) is 11.4 Å². The molecule has 2 aromatic rings. The molecule has 0 amide bonds. The highest BCUT2D eigenvalue weighted by Crippen LogP contribution is 2.27. The molecule has 0 atom stereocenters. The monoisotopic (exact) mass is 225 g/mol. The number of nitrogens with zero attached hydrogens (tertiary/aromatic N) is 2. The van der Waals surface area contributed by atoms with Gasteiger partial charge in [0.2, 0.25) is 0 Å². The highest BCUT2D eigenvalue weighted by Gasteiger charge is 2.18. The molecule has 0 bridgehead atoms. The quantitative estimate of drug-likeness (QED) is 0.809. The molecule has 86 valence electrons. The van der Waals surface area contributed by atoms with Gasteiger partial charge in [-0.05, 0) is 25.0 Å². The Morgan fingerprint density at radius 1 is 1.12 bits per heavy atom. The lowest BCUT2D eigenvalue weighted by Gasteiger charge is -2.29. The summed E-state index contributed by atoms with van der Waals surface area (Å²) < 4.78 is 0. The number of hydrogen-bond donors (Lipinski definition) is 1. The number of rotatable bonds is 1. The second-order valence-electron chi connectivity index (χ2n) is 4.41. The van der Waals surface area contributed by atoms with Crippen molar-refractivity contribution in [3.05, 3.63) is 36.5 Å². The van der Waals surface area contributed by atoms with Crippen molar-refractivity contribution in [3.63, 3.8) is 0 Å². The molecule has 1 aromatic heterocycles. The van der Waals surface area contributed by atoms with E-state index >= 15 is 0 Å². The molecule has 0 spiro atoms. The molecule has 1 fully saturated rings. The fourth-order valence-electron chi connectivity index (χ4n) is 2.40. The topological polar surface area (TPSA) is 40.0 Å². The van der Waals surface area contributed by atoms with Crippen LogP contribution < -0.4 is 4.90 Å². The van der Waals surface area contributed by atoms with E-state index in [4.69, 9.17) is 5.41 Å². The first kappa shape index (κ1) is 10.3. The number of anilines is 1. The Balaban J connectivity index is 2.13. The molecule has 0 saturated carbocycles. The average Bonchev–Trinajstić information content (AvgIpc) is 2.39. The number of piperidine rings is 1. The molecule has 3 heteroatoms. The largest absolute Gasteiger partial charge is 0.328 e. The van der Waals surface area contributed by atoms with Gasteiger partial charge < -0.3 is 4.90 Å². The van der Waals surface area contributed by atoms with Gasteiger partial charge in [-0.3, -0.25) is 10.4 Å². The third-order valence-corrected chi connectivity index (χ3v) is 3.27. The van der Waals surface area contributed by atoms with Crippen LogP contribution in [0.4, 0.5) is 5.69 Å². The highest BCUT2D eigenvalue weighted by atomic mass is 15.2. The van der Waals surface area contributed by atoms with Crippen molar-refractivity contribution in [1.82, 2.24) is 4.98 Å². The lowest BCUT2D eigenvalue weighted by atomic mass is 10.1. The lowest BCUT2D eigenvalue weighted by Crippen LogP contribution is -2.34. The van der Waals surface area contributed by atoms with Crippen molar-refractivity contribution in [2.45, 2.75) is 19.3 Å². The molecule has 1 N–H and O–H groups in total. The van der Waals surface area contributed by atoms with E-state index in [1.54, 1.807) is 0 Å². The van der Waals surface area contributed by atoms with Gasteiger partial charge >= 0.3 is 0 Å². The van der Waals surface area contributed by atoms with E-state index in [1.165, 1.54) is 0 Å². The van der Waals surface area contributed by atoms with E-state index in [1.807, 2.05) is 18.3 Å². The highest BCUT2D eigenvalue weighted by molar-refractivity contribution is 6.03. The number of amidine groups is 1. The van der Waals surface area contributed by atoms with Gasteiger partial charge in [-0.1, -0.05) is 18.2 Å². The zero-order valence-electron chi connectivity index (χ0n) is 9.69. The normalized spacial score (nSPS) is 16.5. The Bertz CT molecular complexity index is 557. The lowest BCUT2D eigenvalue weighted by molar-refractivity contribution is 0.708. The van der Waals surface area contributed by atoms with Gasteiger partial charge in [0.05, 0.1) is 11.2 Å². The average molecular weight is 225 g/mol. The maximum atomic E-state index is 8.06. The molecule has 3 rings (SSSR count). The third kappa shape index (κ3) is 1.78. The van der Waals surface area contributed by atoms with Crippen molar-refractivity contribution in [3.8, 4) is 0 Å². The van der Waals surface area contributed by atoms with Gasteiger partial charge in [-0.25, -0.2) is 0 Å². The molecule has 1 aliphatic heterocycles. The van der Waals surface area contributed by atoms with Crippen molar-refractivity contribution >= 4 is 22.4 Å². The number of para-hydroxylation sites is 1. The molecular formula is C14H15N3. The van der Waals surface area contributed by atoms with Crippen LogP contribution in [0.1, 0.15) is 19.3 Å². The first-order chi connectivity index (χ1) is 8.36. The summed E-state index contributed by atoms with van der Waals surface area (Å²) in [7, 11) is 0. The number of benzene rings is 1. The summed E-state index contributed by atoms with van der Waals surface area (Å²) in [5.74, 6) is 0.717. The van der Waals surface area contributed by atoms with E-state index in [0.717, 1.165) is 48.2 Å². The zero-order valence-corrected chi connectivity index (χ0v) is 9.69. The van der Waals surface area contributed by atoms with Crippen LogP contribution in [0.3, 0.4) is 0 Å². The summed E-state index contributed by atoms with van der Waals surface area (Å²) in [6.07, 6.45) is 4.99. The van der Waals surface area contributed by atoms with Crippen LogP contribution in [-0.4, -0.2) is 17.4 Å². The number of nitrogens with one attached hydrogen (secondary N) is 1. The molecule has 0 unspecified atom stereocenters. The number of fused-ring (bicyclic) bond motifs is 1. The summed E-state index contributed by atoms with van der Waals surface area (Å²) in [4.78, 5) is 6.55. The Hall–Kier alpha value is -1.90. The molecular weight excluding hydrogens is 210 g/mol. The number of hydrogen-bond acceptors (Lipinski definition) is 2. The summed E-state index contributed by atoms with van der Waals surface area (Å²) in [6.45, 7) is 0.939. The summed E-state index contributed by atoms with van der Waals surface area (Å²) in [5.41, 5.74) is 2.08. The van der Waals surface area contributed by atoms with E-state index in [0.29, 0.717) is 0 Å². The minimum absolute atomic E-state index is 0.717. The molecule has 17 heavy (non-hydrogen) atoms. The first-order valence-electron chi connectivity index (χ1n) is 6.05. The van der Waals surface area contributed by atoms with Crippen molar-refractivity contribution in [1.29, 1.82) is 5.41 Å². The minimum atomic E-state index is 0.717. The smallest absolute Gasteiger partial charge is 0.100 e. The minimum Gasteiger partial charge on any atom is -0.328 e. The van der Waals surface area contributed by atoms with Gasteiger partial charge in [0.1, 0.15) is 5.84 Å². The summed E-state index contributed by atoms with van der Waals surface area (Å²) >= 11 is 0. The first-order valence-corrected chi connectivity index (χ1v) is 6.05. The van der Waals surface area contributed by atoms with Gasteiger partial charge in [0.25, 0.3) is 0 Å². The molecule has 0 radical (unpaired) electrons. The van der Waals surface area contributed by atoms with Crippen LogP contribution in [0, 0.1) is 5.41 Å². The van der Waals surface area contributed by atoms with E-state index in [-0.39, 0.29) is 0 Å². The van der Waals surface area contributed by atoms with Crippen molar-refractivity contribution < 1.29 is 0 Å². The molecule has 1 aliphatic rings. The second-order valence-corrected chi connectivity index (χ2v) is 4.41. The summed E-state index contributed by atoms with van der Waals surface area (Å²) in [5, 5.41) is 9.20. The Morgan fingerprint density at radius 2 is 2.00 bits per heavy atom. The fourth-order valence-corrected chi connectivity index (χ4v) is 2.40. The maximum absolute atomic E-state index is 8.06. The molecule has 1 aromatic carbocycles. The van der Waals surface area contributed by atoms with Crippen molar-refractivity contribution in [2.24, 2.45) is 0 Å². The molecule has 3 nitrogen and oxygen atoms in total. The van der Waals surface area contributed by atoms with Crippen LogP contribution in [0.25, 0.3) is 10.9 Å². The van der Waals surface area contributed by atoms with E-state index in [2.05, 4.69) is 28.1 Å². The Kier molecular flexibility index (Phi) is 2.52. The molecule has 0 aliphatic carbocycles. The number of aromatic nitrogens is 1. The SMILES string of the molecule is N=C1CCCCN1c1cccc2cccnc12. The zero-order chi connectivity index (χ0) is 11.7. The maximum Gasteiger partial charge on any atom is 0.100 e. The van der Waals surface area contributed by atoms with Crippen LogP contribution >= 0.6 is 0 Å². The molecule has 2 heterocycles. The number of pyridine rings is 1. The van der Waals surface area contributed by atoms with Crippen LogP contribution in [0.15, 0.2) is 36.5 Å². The third-order valence-electron chi connectivity index (χ3n) is 3.27. The van der Waals surface area contributed by atoms with Crippen LogP contribution in [0.5, 0.6) is 0 Å². The Morgan fingerprint density at radius 3 is 2.88 bits per heavy atom. The molecule has 1 saturated heterocycles. The predicted octanol–water partition coefficient (Wildman–Crippen LogP) is 3.20. The predicted molar refractivity (Wildman–Crippen MR) is 70.7 cm³/mol. The van der Waals surface area contributed by atoms with E-state index in [9.17, 15) is 0 Å². The van der Waals surface area contributed by atoms with E-state index < -0.39 is 0 Å². The van der Waals surface area contributed by atoms with Crippen LogP contribution in [-0.2, 0) is 0 Å². The van der Waals surface area contributed by atoms with Gasteiger partial charge in [-0.15, -0.1) is 0 Å². The Labute approximate surface area is 101 Å². The summed E-state index contributed by atoms with van der Waals surface area (Å²) in [6, 6.07) is 10.2. The van der Waals surface area contributed by atoms with Gasteiger partial charge in [0, 0.05) is 24.5 Å². The second kappa shape index (κ2) is 4.17. The van der Waals surface area contributed by atoms with Gasteiger partial charge in [-0.2, -0.15) is 0 Å². The fraction of sp³-hybridized carbons (Fsp3) is 0.286.